The van der Waals surface area contributed by atoms with E-state index < -0.39 is 0 Å². The highest BCUT2D eigenvalue weighted by molar-refractivity contribution is 5.99. The molecule has 0 heterocycles. The zero-order chi connectivity index (χ0) is 22.6. The van der Waals surface area contributed by atoms with Crippen LogP contribution >= 0.6 is 0 Å². The molecule has 0 aliphatic heterocycles. The highest BCUT2D eigenvalue weighted by atomic mass is 16.3. The summed E-state index contributed by atoms with van der Waals surface area (Å²) >= 11 is 0. The number of aromatic hydroxyl groups is 1. The van der Waals surface area contributed by atoms with Crippen molar-refractivity contribution in [1.82, 2.24) is 0 Å². The number of hydrogen-bond acceptors (Lipinski definition) is 3. The Balaban J connectivity index is 0.000000221. The summed E-state index contributed by atoms with van der Waals surface area (Å²) in [7, 11) is 0. The molecule has 0 bridgehead atoms. The lowest BCUT2D eigenvalue weighted by molar-refractivity contribution is 0.101. The van der Waals surface area contributed by atoms with Gasteiger partial charge >= 0.3 is 6.03 Å². The highest BCUT2D eigenvalue weighted by Crippen LogP contribution is 2.20. The summed E-state index contributed by atoms with van der Waals surface area (Å²) in [5.74, 6) is 0.269. The number of carbonyl (C=O) groups excluding carboxylic acids is 2. The molecule has 0 saturated heterocycles. The van der Waals surface area contributed by atoms with Crippen molar-refractivity contribution in [3.8, 4) is 5.75 Å². The highest BCUT2D eigenvalue weighted by Gasteiger charge is 2.04. The van der Waals surface area contributed by atoms with Gasteiger partial charge < -0.3 is 15.7 Å². The van der Waals surface area contributed by atoms with Crippen molar-refractivity contribution < 1.29 is 14.7 Å². The van der Waals surface area contributed by atoms with E-state index in [1.165, 1.54) is 12.5 Å². The van der Waals surface area contributed by atoms with Crippen molar-refractivity contribution in [3.63, 3.8) is 0 Å². The van der Waals surface area contributed by atoms with Crippen LogP contribution in [0.5, 0.6) is 5.75 Å². The van der Waals surface area contributed by atoms with Crippen LogP contribution in [0.4, 0.5) is 16.2 Å². The number of urea groups is 1. The number of benzene rings is 3. The van der Waals surface area contributed by atoms with Gasteiger partial charge in [0.15, 0.2) is 5.78 Å². The molecule has 0 fully saturated rings. The Hall–Kier alpha value is -3.86. The summed E-state index contributed by atoms with van der Waals surface area (Å²) < 4.78 is 0. The number of phenolic OH excluding ortho intramolecular Hbond substituents is 1. The van der Waals surface area contributed by atoms with E-state index >= 15 is 0 Å². The molecule has 0 aromatic heterocycles. The van der Waals surface area contributed by atoms with Gasteiger partial charge in [0.25, 0.3) is 0 Å². The molecule has 3 N–H and O–H groups in total. The van der Waals surface area contributed by atoms with Gasteiger partial charge in [0.05, 0.1) is 0 Å². The molecule has 31 heavy (non-hydrogen) atoms. The van der Waals surface area contributed by atoms with E-state index in [0.29, 0.717) is 12.0 Å². The Morgan fingerprint density at radius 1 is 0.806 bits per heavy atom. The van der Waals surface area contributed by atoms with Crippen LogP contribution in [0.1, 0.15) is 36.7 Å². The number of anilines is 2. The van der Waals surface area contributed by atoms with Crippen LogP contribution in [0.2, 0.25) is 0 Å². The van der Waals surface area contributed by atoms with Crippen molar-refractivity contribution in [2.75, 3.05) is 10.6 Å². The summed E-state index contributed by atoms with van der Waals surface area (Å²) in [6.45, 7) is 5.54. The first-order valence-electron chi connectivity index (χ1n) is 9.99. The zero-order valence-electron chi connectivity index (χ0n) is 18.1. The van der Waals surface area contributed by atoms with Crippen molar-refractivity contribution >= 4 is 23.2 Å². The van der Waals surface area contributed by atoms with Gasteiger partial charge in [0.2, 0.25) is 0 Å². The molecule has 3 aromatic carbocycles. The third kappa shape index (κ3) is 8.58. The summed E-state index contributed by atoms with van der Waals surface area (Å²) in [5.41, 5.74) is 4.18. The number of phenols is 1. The smallest absolute Gasteiger partial charge is 0.323 e. The fourth-order valence-electron chi connectivity index (χ4n) is 2.62. The summed E-state index contributed by atoms with van der Waals surface area (Å²) in [6.07, 6.45) is 2.69. The molecule has 3 aromatic rings. The van der Waals surface area contributed by atoms with Crippen molar-refractivity contribution in [1.29, 1.82) is 0 Å². The minimum absolute atomic E-state index is 0.0217. The number of amides is 2. The topological polar surface area (TPSA) is 78.4 Å². The molecule has 5 heteroatoms. The number of ketones is 1. The maximum atomic E-state index is 11.6. The number of para-hydroxylation sites is 2. The molecule has 160 valence electrons. The van der Waals surface area contributed by atoms with Gasteiger partial charge in [-0.05, 0) is 75.2 Å². The molecule has 3 rings (SSSR count). The first-order chi connectivity index (χ1) is 14.8. The van der Waals surface area contributed by atoms with Gasteiger partial charge in [0.1, 0.15) is 5.75 Å². The average Bonchev–Trinajstić information content (AvgIpc) is 2.74. The Kier molecular flexibility index (Phi) is 9.05. The lowest BCUT2D eigenvalue weighted by Gasteiger charge is -2.06. The second-order valence-corrected chi connectivity index (χ2v) is 7.20. The van der Waals surface area contributed by atoms with E-state index in [2.05, 4.69) is 10.6 Å². The minimum atomic E-state index is -0.239. The lowest BCUT2D eigenvalue weighted by Crippen LogP contribution is -2.19. The molecule has 0 atom stereocenters. The van der Waals surface area contributed by atoms with Crippen LogP contribution in [-0.4, -0.2) is 16.9 Å². The van der Waals surface area contributed by atoms with Crippen LogP contribution < -0.4 is 10.6 Å². The van der Waals surface area contributed by atoms with Crippen molar-refractivity contribution in [2.45, 2.75) is 27.2 Å². The van der Waals surface area contributed by atoms with Gasteiger partial charge in [-0.3, -0.25) is 4.79 Å². The van der Waals surface area contributed by atoms with E-state index in [-0.39, 0.29) is 17.6 Å². The van der Waals surface area contributed by atoms with Gasteiger partial charge in [0, 0.05) is 16.9 Å². The van der Waals surface area contributed by atoms with E-state index in [4.69, 9.17) is 0 Å². The second kappa shape index (κ2) is 12.0. The van der Waals surface area contributed by atoms with E-state index in [9.17, 15) is 14.7 Å². The van der Waals surface area contributed by atoms with Gasteiger partial charge in [-0.1, -0.05) is 48.0 Å². The first kappa shape index (κ1) is 23.4. The third-order valence-corrected chi connectivity index (χ3v) is 4.28. The zero-order valence-corrected chi connectivity index (χ0v) is 18.1. The van der Waals surface area contributed by atoms with E-state index in [0.717, 1.165) is 16.9 Å². The molecule has 0 saturated carbocycles. The Morgan fingerprint density at radius 3 is 1.77 bits per heavy atom. The largest absolute Gasteiger partial charge is 0.508 e. The Bertz CT molecular complexity index is 982. The monoisotopic (exact) mass is 416 g/mol. The Labute approximate surface area is 183 Å². The Morgan fingerprint density at radius 2 is 1.32 bits per heavy atom. The van der Waals surface area contributed by atoms with Gasteiger partial charge in [-0.2, -0.15) is 0 Å². The maximum Gasteiger partial charge on any atom is 0.323 e. The number of carbonyl (C=O) groups is 2. The SMILES string of the molecule is CC(=O)c1ccc(O)c(CC=C(C)C)c1.O=C(Nc1ccccc1)Nc1ccccc1. The van der Waals surface area contributed by atoms with Crippen molar-refractivity contribution in [3.05, 3.63) is 102 Å². The molecule has 0 aliphatic carbocycles. The number of Topliss-reactive ketones (excluding diaryl/α,β-unsaturated/α-hetero) is 1. The van der Waals surface area contributed by atoms with E-state index in [1.54, 1.807) is 18.2 Å². The molecule has 0 spiro atoms. The third-order valence-electron chi connectivity index (χ3n) is 4.28. The first-order valence-corrected chi connectivity index (χ1v) is 9.99. The number of allylic oxidation sites excluding steroid dienone is 2. The van der Waals surface area contributed by atoms with Gasteiger partial charge in [-0.25, -0.2) is 4.79 Å². The van der Waals surface area contributed by atoms with Crippen LogP contribution in [0.3, 0.4) is 0 Å². The molecular weight excluding hydrogens is 388 g/mol. The van der Waals surface area contributed by atoms with Crippen LogP contribution in [0.15, 0.2) is 90.5 Å². The molecule has 2 amide bonds. The van der Waals surface area contributed by atoms with Crippen molar-refractivity contribution in [2.24, 2.45) is 0 Å². The standard InChI is InChI=1S/C13H12N2O.C13H16O2/c16-13(14-11-7-3-1-4-8-11)15-12-9-5-2-6-10-12;1-9(2)4-5-12-8-11(10(3)14)6-7-13(12)15/h1-10H,(H2,14,15,16);4,6-8,15H,5H2,1-3H3. The molecule has 0 aliphatic rings. The number of hydrogen-bond donors (Lipinski definition) is 3. The van der Waals surface area contributed by atoms with Crippen LogP contribution in [0, 0.1) is 0 Å². The molecule has 0 unspecified atom stereocenters. The average molecular weight is 417 g/mol. The molecular formula is C26H28N2O3. The quantitative estimate of drug-likeness (QED) is 0.331. The number of nitrogens with one attached hydrogen (secondary N) is 2. The predicted molar refractivity (Wildman–Crippen MR) is 127 cm³/mol. The molecule has 5 nitrogen and oxygen atoms in total. The maximum absolute atomic E-state index is 11.6. The van der Waals surface area contributed by atoms with E-state index in [1.807, 2.05) is 80.6 Å². The lowest BCUT2D eigenvalue weighted by atomic mass is 10.0. The van der Waals surface area contributed by atoms with Crippen LogP contribution in [-0.2, 0) is 6.42 Å². The van der Waals surface area contributed by atoms with Gasteiger partial charge in [-0.15, -0.1) is 0 Å². The fraction of sp³-hybridized carbons (Fsp3) is 0.154. The number of rotatable bonds is 5. The summed E-state index contributed by atoms with van der Waals surface area (Å²) in [4.78, 5) is 22.7. The fourth-order valence-corrected chi connectivity index (χ4v) is 2.62. The molecule has 0 radical (unpaired) electrons. The minimum Gasteiger partial charge on any atom is -0.508 e. The van der Waals surface area contributed by atoms with Crippen LogP contribution in [0.25, 0.3) is 0 Å². The summed E-state index contributed by atoms with van der Waals surface area (Å²) in [6, 6.07) is 23.4. The normalized spacial score (nSPS) is 9.65. The second-order valence-electron chi connectivity index (χ2n) is 7.20. The summed E-state index contributed by atoms with van der Waals surface area (Å²) in [5, 5.41) is 15.1. The predicted octanol–water partition coefficient (Wildman–Crippen LogP) is 6.43.